The van der Waals surface area contributed by atoms with Crippen LogP contribution < -0.4 is 11.1 Å². The quantitative estimate of drug-likeness (QED) is 0.407. The second-order valence-corrected chi connectivity index (χ2v) is 5.45. The van der Waals surface area contributed by atoms with Crippen LogP contribution >= 0.6 is 24.0 Å². The zero-order valence-electron chi connectivity index (χ0n) is 13.0. The fraction of sp³-hybridized carbons (Fsp3) is 0.312. The van der Waals surface area contributed by atoms with Gasteiger partial charge >= 0.3 is 0 Å². The first-order chi connectivity index (χ1) is 9.87. The molecule has 0 aliphatic rings. The molecular formula is C16H22IN3O2. The highest BCUT2D eigenvalue weighted by atomic mass is 127. The minimum atomic E-state index is -1.18. The number of nitrogens with two attached hydrogens (primary N) is 1. The second kappa shape index (κ2) is 7.64. The molecule has 5 nitrogen and oxygen atoms in total. The predicted molar refractivity (Wildman–Crippen MR) is 99.7 cm³/mol. The van der Waals surface area contributed by atoms with Crippen molar-refractivity contribution in [2.75, 3.05) is 11.9 Å². The van der Waals surface area contributed by atoms with Crippen LogP contribution in [0.15, 0.2) is 46.0 Å². The van der Waals surface area contributed by atoms with Crippen LogP contribution in [0.3, 0.4) is 0 Å². The van der Waals surface area contributed by atoms with Gasteiger partial charge in [-0.3, -0.25) is 0 Å². The van der Waals surface area contributed by atoms with E-state index in [1.807, 2.05) is 26.0 Å². The number of nitrogens with one attached hydrogen (secondary N) is 1. The third-order valence-electron chi connectivity index (χ3n) is 3.10. The predicted octanol–water partition coefficient (Wildman–Crippen LogP) is 3.15. The van der Waals surface area contributed by atoms with E-state index in [-0.39, 0.29) is 36.5 Å². The Bertz CT molecular complexity index is 617. The van der Waals surface area contributed by atoms with Crippen LogP contribution in [0, 0.1) is 13.8 Å². The molecule has 0 bridgehead atoms. The van der Waals surface area contributed by atoms with Crippen LogP contribution in [-0.2, 0) is 5.60 Å². The molecule has 1 atom stereocenters. The van der Waals surface area contributed by atoms with E-state index in [2.05, 4.69) is 16.4 Å². The Balaban J connectivity index is 0.00000242. The van der Waals surface area contributed by atoms with Crippen molar-refractivity contribution < 1.29 is 9.52 Å². The number of anilines is 1. The Morgan fingerprint density at radius 3 is 2.50 bits per heavy atom. The third-order valence-corrected chi connectivity index (χ3v) is 3.10. The highest BCUT2D eigenvalue weighted by molar-refractivity contribution is 14.0. The fourth-order valence-electron chi connectivity index (χ4n) is 2.14. The average Bonchev–Trinajstić information content (AvgIpc) is 2.89. The van der Waals surface area contributed by atoms with E-state index < -0.39 is 5.60 Å². The van der Waals surface area contributed by atoms with Crippen molar-refractivity contribution in [2.45, 2.75) is 26.4 Å². The lowest BCUT2D eigenvalue weighted by Gasteiger charge is -2.18. The van der Waals surface area contributed by atoms with Crippen molar-refractivity contribution in [3.05, 3.63) is 53.5 Å². The first-order valence-corrected chi connectivity index (χ1v) is 6.78. The summed E-state index contributed by atoms with van der Waals surface area (Å²) in [4.78, 5) is 4.18. The summed E-state index contributed by atoms with van der Waals surface area (Å²) in [6.07, 6.45) is 1.52. The van der Waals surface area contributed by atoms with Crippen molar-refractivity contribution >= 4 is 35.6 Å². The molecule has 0 saturated carbocycles. The van der Waals surface area contributed by atoms with Crippen molar-refractivity contribution in [3.8, 4) is 0 Å². The summed E-state index contributed by atoms with van der Waals surface area (Å²) < 4.78 is 5.20. The monoisotopic (exact) mass is 415 g/mol. The number of rotatable bonds is 4. The van der Waals surface area contributed by atoms with Gasteiger partial charge in [-0.25, -0.2) is 4.99 Å². The number of hydrogen-bond donors (Lipinski definition) is 3. The third kappa shape index (κ3) is 5.03. The molecule has 2 aromatic rings. The minimum Gasteiger partial charge on any atom is -0.466 e. The molecule has 0 radical (unpaired) electrons. The van der Waals surface area contributed by atoms with E-state index in [0.29, 0.717) is 5.76 Å². The Morgan fingerprint density at radius 1 is 1.32 bits per heavy atom. The van der Waals surface area contributed by atoms with E-state index in [9.17, 15) is 5.11 Å². The largest absolute Gasteiger partial charge is 0.466 e. The van der Waals surface area contributed by atoms with E-state index in [1.165, 1.54) is 6.26 Å². The SMILES string of the molecule is Cc1cc(C)cc(NC(N)=NCC(C)(O)c2ccco2)c1.I. The summed E-state index contributed by atoms with van der Waals surface area (Å²) in [7, 11) is 0. The van der Waals surface area contributed by atoms with Crippen LogP contribution in [0.5, 0.6) is 0 Å². The molecule has 6 heteroatoms. The summed E-state index contributed by atoms with van der Waals surface area (Å²) in [6.45, 7) is 5.80. The molecule has 0 amide bonds. The highest BCUT2D eigenvalue weighted by Gasteiger charge is 2.25. The topological polar surface area (TPSA) is 83.8 Å². The number of aliphatic hydroxyl groups is 1. The standard InChI is InChI=1S/C16H21N3O2.HI/c1-11-7-12(2)9-13(8-11)19-15(17)18-10-16(3,20)14-5-4-6-21-14;/h4-9,20H,10H2,1-3H3,(H3,17,18,19);1H. The van der Waals surface area contributed by atoms with Gasteiger partial charge in [-0.05, 0) is 56.2 Å². The molecule has 2 rings (SSSR count). The van der Waals surface area contributed by atoms with E-state index in [1.54, 1.807) is 19.1 Å². The molecule has 1 aromatic carbocycles. The lowest BCUT2D eigenvalue weighted by Crippen LogP contribution is -2.29. The molecule has 1 heterocycles. The van der Waals surface area contributed by atoms with Crippen molar-refractivity contribution in [1.82, 2.24) is 0 Å². The smallest absolute Gasteiger partial charge is 0.193 e. The summed E-state index contributed by atoms with van der Waals surface area (Å²) in [5.41, 5.74) is 7.85. The molecule has 4 N–H and O–H groups in total. The maximum absolute atomic E-state index is 10.3. The molecule has 1 aromatic heterocycles. The first kappa shape index (κ1) is 18.5. The van der Waals surface area contributed by atoms with Gasteiger partial charge in [-0.15, -0.1) is 24.0 Å². The van der Waals surface area contributed by atoms with E-state index in [0.717, 1.165) is 16.8 Å². The summed E-state index contributed by atoms with van der Waals surface area (Å²) in [5.74, 6) is 0.720. The Kier molecular flexibility index (Phi) is 6.43. The molecule has 1 unspecified atom stereocenters. The lowest BCUT2D eigenvalue weighted by atomic mass is 10.0. The van der Waals surface area contributed by atoms with Gasteiger partial charge in [0, 0.05) is 5.69 Å². The number of guanidine groups is 1. The number of aryl methyl sites for hydroxylation is 2. The Hall–Kier alpha value is -1.54. The number of nitrogens with zero attached hydrogens (tertiary/aromatic N) is 1. The molecule has 0 saturated heterocycles. The van der Waals surface area contributed by atoms with Crippen LogP contribution in [0.2, 0.25) is 0 Å². The van der Waals surface area contributed by atoms with Crippen LogP contribution in [0.1, 0.15) is 23.8 Å². The van der Waals surface area contributed by atoms with Gasteiger partial charge in [-0.2, -0.15) is 0 Å². The normalized spacial score (nSPS) is 14.1. The first-order valence-electron chi connectivity index (χ1n) is 6.78. The number of hydrogen-bond acceptors (Lipinski definition) is 3. The maximum atomic E-state index is 10.3. The Morgan fingerprint density at radius 2 is 1.95 bits per heavy atom. The second-order valence-electron chi connectivity index (χ2n) is 5.45. The van der Waals surface area contributed by atoms with Crippen molar-refractivity contribution in [1.29, 1.82) is 0 Å². The molecule has 0 fully saturated rings. The summed E-state index contributed by atoms with van der Waals surface area (Å²) in [5, 5.41) is 13.3. The number of halogens is 1. The lowest BCUT2D eigenvalue weighted by molar-refractivity contribution is 0.0438. The van der Waals surface area contributed by atoms with Gasteiger partial charge in [0.25, 0.3) is 0 Å². The number of furan rings is 1. The minimum absolute atomic E-state index is 0. The summed E-state index contributed by atoms with van der Waals surface area (Å²) >= 11 is 0. The van der Waals surface area contributed by atoms with Gasteiger partial charge in [0.2, 0.25) is 0 Å². The molecule has 0 spiro atoms. The zero-order chi connectivity index (χ0) is 15.5. The van der Waals surface area contributed by atoms with Crippen molar-refractivity contribution in [2.24, 2.45) is 10.7 Å². The molecule has 0 aliphatic carbocycles. The summed E-state index contributed by atoms with van der Waals surface area (Å²) in [6, 6.07) is 9.49. The van der Waals surface area contributed by atoms with Gasteiger partial charge in [-0.1, -0.05) is 6.07 Å². The van der Waals surface area contributed by atoms with Gasteiger partial charge in [0.1, 0.15) is 11.4 Å². The average molecular weight is 415 g/mol. The number of benzene rings is 1. The van der Waals surface area contributed by atoms with E-state index in [4.69, 9.17) is 10.2 Å². The zero-order valence-corrected chi connectivity index (χ0v) is 15.3. The fourth-order valence-corrected chi connectivity index (χ4v) is 2.14. The van der Waals surface area contributed by atoms with Gasteiger partial charge < -0.3 is 20.6 Å². The van der Waals surface area contributed by atoms with Crippen LogP contribution in [-0.4, -0.2) is 17.6 Å². The highest BCUT2D eigenvalue weighted by Crippen LogP contribution is 2.21. The number of aliphatic imine (C=N–C) groups is 1. The molecule has 22 heavy (non-hydrogen) atoms. The molecular weight excluding hydrogens is 393 g/mol. The molecule has 120 valence electrons. The van der Waals surface area contributed by atoms with Crippen molar-refractivity contribution in [3.63, 3.8) is 0 Å². The van der Waals surface area contributed by atoms with Gasteiger partial charge in [0.05, 0.1) is 12.8 Å². The Labute approximate surface area is 147 Å². The van der Waals surface area contributed by atoms with E-state index >= 15 is 0 Å². The molecule has 0 aliphatic heterocycles. The maximum Gasteiger partial charge on any atom is 0.193 e. The van der Waals surface area contributed by atoms with Gasteiger partial charge in [0.15, 0.2) is 5.96 Å². The van der Waals surface area contributed by atoms with Crippen LogP contribution in [0.4, 0.5) is 5.69 Å². The van der Waals surface area contributed by atoms with Crippen LogP contribution in [0.25, 0.3) is 0 Å².